The van der Waals surface area contributed by atoms with Crippen molar-refractivity contribution in [2.75, 3.05) is 7.11 Å². The number of aromatic nitrogens is 1. The molecular weight excluding hydrogens is 225 g/mol. The number of alkyl halides is 3. The summed E-state index contributed by atoms with van der Waals surface area (Å²) in [5.41, 5.74) is 0.242. The molecule has 1 aromatic heterocycles. The molecule has 0 bridgehead atoms. The van der Waals surface area contributed by atoms with E-state index in [2.05, 4.69) is 9.72 Å². The molecule has 7 heteroatoms. The Hall–Kier alpha value is -1.97. The number of methoxy groups -OCH3 is 1. The lowest BCUT2D eigenvalue weighted by atomic mass is 10.2. The molecule has 0 unspecified atom stereocenters. The van der Waals surface area contributed by atoms with Gasteiger partial charge in [0.1, 0.15) is 0 Å². The monoisotopic (exact) mass is 232 g/mol. The number of ether oxygens (including phenoxy) is 2. The van der Waals surface area contributed by atoms with E-state index in [1.807, 2.05) is 0 Å². The highest BCUT2D eigenvalue weighted by Crippen LogP contribution is 2.33. The minimum absolute atomic E-state index is 0.106. The zero-order valence-corrected chi connectivity index (χ0v) is 8.21. The maximum absolute atomic E-state index is 12.0. The van der Waals surface area contributed by atoms with Gasteiger partial charge in [0.05, 0.1) is 25.8 Å². The molecule has 0 aliphatic heterocycles. The Balaban J connectivity index is 3.10. The van der Waals surface area contributed by atoms with Crippen molar-refractivity contribution in [1.82, 2.24) is 4.98 Å². The Bertz CT molecular complexity index is 412. The molecule has 0 aliphatic rings. The lowest BCUT2D eigenvalue weighted by molar-refractivity contribution is -0.275. The summed E-state index contributed by atoms with van der Waals surface area (Å²) in [6, 6.07) is 1.79. The predicted molar refractivity (Wildman–Crippen MR) is 46.8 cm³/mol. The van der Waals surface area contributed by atoms with E-state index in [1.54, 1.807) is 6.07 Å². The van der Waals surface area contributed by atoms with Crippen LogP contribution in [0.5, 0.6) is 11.5 Å². The second-order valence-electron chi connectivity index (χ2n) is 2.71. The van der Waals surface area contributed by atoms with Gasteiger partial charge < -0.3 is 9.47 Å². The number of nitrogens with zero attached hydrogens (tertiary/aromatic N) is 2. The fourth-order valence-corrected chi connectivity index (χ4v) is 1.11. The lowest BCUT2D eigenvalue weighted by Crippen LogP contribution is -2.18. The summed E-state index contributed by atoms with van der Waals surface area (Å²) in [5, 5.41) is 8.47. The first-order valence-electron chi connectivity index (χ1n) is 4.11. The van der Waals surface area contributed by atoms with Crippen LogP contribution in [0.2, 0.25) is 0 Å². The van der Waals surface area contributed by atoms with Crippen molar-refractivity contribution in [2.45, 2.75) is 12.8 Å². The smallest absolute Gasteiger partial charge is 0.492 e. The van der Waals surface area contributed by atoms with Crippen molar-refractivity contribution < 1.29 is 22.6 Å². The molecular formula is C9H7F3N2O2. The predicted octanol–water partition coefficient (Wildman–Crippen LogP) is 2.05. The molecule has 1 rings (SSSR count). The molecule has 0 saturated carbocycles. The molecule has 86 valence electrons. The van der Waals surface area contributed by atoms with E-state index in [0.29, 0.717) is 0 Å². The number of hydrogen-bond donors (Lipinski definition) is 0. The van der Waals surface area contributed by atoms with Crippen molar-refractivity contribution >= 4 is 0 Å². The summed E-state index contributed by atoms with van der Waals surface area (Å²) in [6.45, 7) is 0. The molecule has 0 amide bonds. The molecule has 4 nitrogen and oxygen atoms in total. The van der Waals surface area contributed by atoms with Crippen molar-refractivity contribution in [2.24, 2.45) is 0 Å². The van der Waals surface area contributed by atoms with E-state index in [-0.39, 0.29) is 17.7 Å². The molecule has 0 spiro atoms. The van der Waals surface area contributed by atoms with Crippen LogP contribution in [0.4, 0.5) is 13.2 Å². The molecule has 1 aromatic rings. The fraction of sp³-hybridized carbons (Fsp3) is 0.333. The largest absolute Gasteiger partial charge is 0.573 e. The number of pyridine rings is 1. The Morgan fingerprint density at radius 1 is 1.44 bits per heavy atom. The topological polar surface area (TPSA) is 55.1 Å². The second kappa shape index (κ2) is 4.70. The van der Waals surface area contributed by atoms with Gasteiger partial charge in [0.2, 0.25) is 0 Å². The van der Waals surface area contributed by atoms with Gasteiger partial charge in [-0.3, -0.25) is 4.98 Å². The quantitative estimate of drug-likeness (QED) is 0.800. The van der Waals surface area contributed by atoms with Gasteiger partial charge in [-0.2, -0.15) is 5.26 Å². The third-order valence-corrected chi connectivity index (χ3v) is 1.64. The number of nitriles is 1. The Kier molecular flexibility index (Phi) is 3.55. The van der Waals surface area contributed by atoms with Gasteiger partial charge in [-0.1, -0.05) is 0 Å². The molecule has 0 N–H and O–H groups in total. The first-order valence-corrected chi connectivity index (χ1v) is 4.11. The SMILES string of the molecule is COc1c(CC#N)cncc1OC(F)(F)F. The second-order valence-corrected chi connectivity index (χ2v) is 2.71. The maximum atomic E-state index is 12.0. The van der Waals surface area contributed by atoms with Gasteiger partial charge in [-0.15, -0.1) is 13.2 Å². The van der Waals surface area contributed by atoms with Gasteiger partial charge in [0, 0.05) is 11.8 Å². The van der Waals surface area contributed by atoms with Crippen LogP contribution >= 0.6 is 0 Å². The van der Waals surface area contributed by atoms with Gasteiger partial charge in [0.15, 0.2) is 11.5 Å². The van der Waals surface area contributed by atoms with Gasteiger partial charge in [0.25, 0.3) is 0 Å². The Morgan fingerprint density at radius 3 is 2.62 bits per heavy atom. The first-order chi connectivity index (χ1) is 7.48. The molecule has 0 aromatic carbocycles. The summed E-state index contributed by atoms with van der Waals surface area (Å²) in [7, 11) is 1.19. The van der Waals surface area contributed by atoms with Crippen LogP contribution in [-0.2, 0) is 6.42 Å². The van der Waals surface area contributed by atoms with Crippen LogP contribution in [0.3, 0.4) is 0 Å². The molecule has 0 aliphatic carbocycles. The Labute approximate surface area is 89.2 Å². The minimum atomic E-state index is -4.82. The zero-order valence-electron chi connectivity index (χ0n) is 8.21. The minimum Gasteiger partial charge on any atom is -0.492 e. The lowest BCUT2D eigenvalue weighted by Gasteiger charge is -2.13. The van der Waals surface area contributed by atoms with Crippen molar-refractivity contribution in [3.63, 3.8) is 0 Å². The standard InChI is InChI=1S/C9H7F3N2O2/c1-15-8-6(2-3-13)4-14-5-7(8)16-9(10,11)12/h4-5H,2H2,1H3. The maximum Gasteiger partial charge on any atom is 0.573 e. The van der Waals surface area contributed by atoms with Crippen LogP contribution in [0.15, 0.2) is 12.4 Å². The molecule has 0 atom stereocenters. The van der Waals surface area contributed by atoms with Crippen LogP contribution in [0.1, 0.15) is 5.56 Å². The molecule has 0 saturated heterocycles. The summed E-state index contributed by atoms with van der Waals surface area (Å²) in [6.07, 6.45) is -2.79. The third-order valence-electron chi connectivity index (χ3n) is 1.64. The van der Waals surface area contributed by atoms with Crippen LogP contribution in [0.25, 0.3) is 0 Å². The van der Waals surface area contributed by atoms with E-state index >= 15 is 0 Å². The van der Waals surface area contributed by atoms with E-state index in [9.17, 15) is 13.2 Å². The van der Waals surface area contributed by atoms with E-state index in [4.69, 9.17) is 10.00 Å². The zero-order chi connectivity index (χ0) is 12.2. The number of hydrogen-bond acceptors (Lipinski definition) is 4. The normalized spacial score (nSPS) is 10.7. The van der Waals surface area contributed by atoms with Crippen LogP contribution < -0.4 is 9.47 Å². The van der Waals surface area contributed by atoms with Crippen molar-refractivity contribution in [3.8, 4) is 17.6 Å². The summed E-state index contributed by atoms with van der Waals surface area (Å²) < 4.78 is 44.5. The highest BCUT2D eigenvalue weighted by molar-refractivity contribution is 5.45. The highest BCUT2D eigenvalue weighted by Gasteiger charge is 2.33. The van der Waals surface area contributed by atoms with E-state index < -0.39 is 12.1 Å². The molecule has 0 radical (unpaired) electrons. The average Bonchev–Trinajstić information content (AvgIpc) is 2.16. The highest BCUT2D eigenvalue weighted by atomic mass is 19.4. The first kappa shape index (κ1) is 12.1. The molecule has 16 heavy (non-hydrogen) atoms. The van der Waals surface area contributed by atoms with Crippen LogP contribution in [0, 0.1) is 11.3 Å². The van der Waals surface area contributed by atoms with E-state index in [1.165, 1.54) is 13.3 Å². The Morgan fingerprint density at radius 2 is 2.12 bits per heavy atom. The van der Waals surface area contributed by atoms with E-state index in [0.717, 1.165) is 6.20 Å². The third kappa shape index (κ3) is 3.02. The van der Waals surface area contributed by atoms with Crippen molar-refractivity contribution in [1.29, 1.82) is 5.26 Å². The van der Waals surface area contributed by atoms with Crippen molar-refractivity contribution in [3.05, 3.63) is 18.0 Å². The average molecular weight is 232 g/mol. The van der Waals surface area contributed by atoms with Crippen LogP contribution in [-0.4, -0.2) is 18.5 Å². The summed E-state index contributed by atoms with van der Waals surface area (Å²) in [5.74, 6) is -0.684. The molecule has 1 heterocycles. The fourth-order valence-electron chi connectivity index (χ4n) is 1.11. The van der Waals surface area contributed by atoms with Gasteiger partial charge in [-0.25, -0.2) is 0 Å². The summed E-state index contributed by atoms with van der Waals surface area (Å²) >= 11 is 0. The van der Waals surface area contributed by atoms with Gasteiger partial charge >= 0.3 is 6.36 Å². The number of halogens is 3. The van der Waals surface area contributed by atoms with Gasteiger partial charge in [-0.05, 0) is 0 Å². The molecule has 0 fully saturated rings. The number of rotatable bonds is 3. The summed E-state index contributed by atoms with van der Waals surface area (Å²) in [4.78, 5) is 3.54.